The summed E-state index contributed by atoms with van der Waals surface area (Å²) < 4.78 is 0. The zero-order chi connectivity index (χ0) is 15.1. The summed E-state index contributed by atoms with van der Waals surface area (Å²) in [7, 11) is 0. The molecule has 1 heterocycles. The maximum absolute atomic E-state index is 12.2. The maximum Gasteiger partial charge on any atom is 0.223 e. The highest BCUT2D eigenvalue weighted by molar-refractivity contribution is 5.88. The van der Waals surface area contributed by atoms with Gasteiger partial charge in [-0.05, 0) is 36.6 Å². The van der Waals surface area contributed by atoms with Gasteiger partial charge in [0.1, 0.15) is 0 Å². The van der Waals surface area contributed by atoms with E-state index in [2.05, 4.69) is 20.8 Å². The van der Waals surface area contributed by atoms with Crippen LogP contribution in [-0.4, -0.2) is 35.8 Å². The number of rotatable bonds is 3. The molecule has 1 saturated heterocycles. The van der Waals surface area contributed by atoms with Crippen molar-refractivity contribution in [1.29, 1.82) is 0 Å². The minimum absolute atomic E-state index is 0.0656. The lowest BCUT2D eigenvalue weighted by atomic mass is 9.62. The molecule has 5 heteroatoms. The average Bonchev–Trinajstić information content (AvgIpc) is 2.69. The molecule has 2 amide bonds. The van der Waals surface area contributed by atoms with Crippen LogP contribution in [-0.2, 0) is 9.59 Å². The van der Waals surface area contributed by atoms with Crippen LogP contribution in [0.3, 0.4) is 0 Å². The van der Waals surface area contributed by atoms with E-state index in [4.69, 9.17) is 11.5 Å². The van der Waals surface area contributed by atoms with Crippen molar-refractivity contribution in [3.63, 3.8) is 0 Å². The van der Waals surface area contributed by atoms with Gasteiger partial charge >= 0.3 is 0 Å². The van der Waals surface area contributed by atoms with Crippen LogP contribution in [0.2, 0.25) is 0 Å². The van der Waals surface area contributed by atoms with E-state index in [0.717, 1.165) is 19.3 Å². The predicted octanol–water partition coefficient (Wildman–Crippen LogP) is 0.864. The summed E-state index contributed by atoms with van der Waals surface area (Å²) in [6.45, 7) is 7.79. The van der Waals surface area contributed by atoms with Crippen LogP contribution < -0.4 is 11.5 Å². The number of primary amides is 1. The monoisotopic (exact) mass is 281 g/mol. The molecule has 4 N–H and O–H groups in total. The van der Waals surface area contributed by atoms with E-state index in [0.29, 0.717) is 13.1 Å². The Morgan fingerprint density at radius 1 is 1.35 bits per heavy atom. The fourth-order valence-electron chi connectivity index (χ4n) is 4.23. The van der Waals surface area contributed by atoms with Gasteiger partial charge in [-0.1, -0.05) is 20.8 Å². The SMILES string of the molecule is CC1(C)CC(N2CC(C(N)=O)CC2=O)CC(C)(CN)C1. The molecule has 20 heavy (non-hydrogen) atoms. The minimum atomic E-state index is -0.363. The first-order chi connectivity index (χ1) is 9.16. The third-order valence-corrected chi connectivity index (χ3v) is 4.92. The number of carbonyl (C=O) groups is 2. The number of hydrogen-bond donors (Lipinski definition) is 2. The Morgan fingerprint density at radius 2 is 2.00 bits per heavy atom. The van der Waals surface area contributed by atoms with Crippen LogP contribution in [0.1, 0.15) is 46.5 Å². The molecule has 0 bridgehead atoms. The Balaban J connectivity index is 2.16. The van der Waals surface area contributed by atoms with Gasteiger partial charge in [-0.15, -0.1) is 0 Å². The van der Waals surface area contributed by atoms with E-state index >= 15 is 0 Å². The van der Waals surface area contributed by atoms with Crippen molar-refractivity contribution >= 4 is 11.8 Å². The molecule has 2 aliphatic rings. The van der Waals surface area contributed by atoms with Crippen molar-refractivity contribution in [3.8, 4) is 0 Å². The van der Waals surface area contributed by atoms with Crippen LogP contribution in [0.15, 0.2) is 0 Å². The third kappa shape index (κ3) is 2.97. The van der Waals surface area contributed by atoms with Crippen LogP contribution >= 0.6 is 0 Å². The first-order valence-corrected chi connectivity index (χ1v) is 7.45. The second-order valence-corrected chi connectivity index (χ2v) is 7.77. The largest absolute Gasteiger partial charge is 0.369 e. The lowest BCUT2D eigenvalue weighted by molar-refractivity contribution is -0.132. The van der Waals surface area contributed by atoms with Gasteiger partial charge in [0.15, 0.2) is 0 Å². The molecule has 3 unspecified atom stereocenters. The smallest absolute Gasteiger partial charge is 0.223 e. The molecule has 0 aromatic carbocycles. The predicted molar refractivity (Wildman–Crippen MR) is 77.6 cm³/mol. The quantitative estimate of drug-likeness (QED) is 0.804. The number of likely N-dealkylation sites (tertiary alicyclic amines) is 1. The van der Waals surface area contributed by atoms with Gasteiger partial charge in [-0.2, -0.15) is 0 Å². The third-order valence-electron chi connectivity index (χ3n) is 4.92. The second-order valence-electron chi connectivity index (χ2n) is 7.77. The highest BCUT2D eigenvalue weighted by Gasteiger charge is 2.46. The molecule has 114 valence electrons. The van der Waals surface area contributed by atoms with E-state index in [-0.39, 0.29) is 41.0 Å². The van der Waals surface area contributed by atoms with Gasteiger partial charge in [-0.3, -0.25) is 9.59 Å². The lowest BCUT2D eigenvalue weighted by Crippen LogP contribution is -2.50. The Labute approximate surface area is 121 Å². The molecule has 2 fully saturated rings. The molecule has 0 radical (unpaired) electrons. The summed E-state index contributed by atoms with van der Waals surface area (Å²) >= 11 is 0. The fourth-order valence-corrected chi connectivity index (χ4v) is 4.23. The number of hydrogen-bond acceptors (Lipinski definition) is 3. The minimum Gasteiger partial charge on any atom is -0.369 e. The zero-order valence-electron chi connectivity index (χ0n) is 12.8. The summed E-state index contributed by atoms with van der Waals surface area (Å²) in [5, 5.41) is 0. The second kappa shape index (κ2) is 5.02. The Bertz CT molecular complexity index is 421. The van der Waals surface area contributed by atoms with Crippen LogP contribution in [0, 0.1) is 16.7 Å². The highest BCUT2D eigenvalue weighted by atomic mass is 16.2. The topological polar surface area (TPSA) is 89.4 Å². The zero-order valence-corrected chi connectivity index (χ0v) is 12.8. The van der Waals surface area contributed by atoms with Crippen molar-refractivity contribution in [3.05, 3.63) is 0 Å². The van der Waals surface area contributed by atoms with Crippen molar-refractivity contribution in [2.75, 3.05) is 13.1 Å². The van der Waals surface area contributed by atoms with Gasteiger partial charge in [0.2, 0.25) is 11.8 Å². The molecule has 5 nitrogen and oxygen atoms in total. The molecule has 0 aromatic heterocycles. The van der Waals surface area contributed by atoms with E-state index in [1.54, 1.807) is 0 Å². The summed E-state index contributed by atoms with van der Waals surface area (Å²) in [5.74, 6) is -0.620. The molecule has 1 aliphatic carbocycles. The molecule has 1 saturated carbocycles. The van der Waals surface area contributed by atoms with E-state index in [1.165, 1.54) is 0 Å². The number of amides is 2. The van der Waals surface area contributed by atoms with Crippen molar-refractivity contribution in [2.24, 2.45) is 28.2 Å². The number of carbonyl (C=O) groups excluding carboxylic acids is 2. The Kier molecular flexibility index (Phi) is 3.84. The van der Waals surface area contributed by atoms with E-state index < -0.39 is 0 Å². The first kappa shape index (κ1) is 15.3. The van der Waals surface area contributed by atoms with Crippen LogP contribution in [0.4, 0.5) is 0 Å². The first-order valence-electron chi connectivity index (χ1n) is 7.45. The molecule has 0 spiro atoms. The summed E-state index contributed by atoms with van der Waals surface area (Å²) in [5.41, 5.74) is 11.5. The van der Waals surface area contributed by atoms with Crippen molar-refractivity contribution < 1.29 is 9.59 Å². The highest BCUT2D eigenvalue weighted by Crippen LogP contribution is 2.47. The molecule has 1 aliphatic heterocycles. The number of nitrogens with zero attached hydrogens (tertiary/aromatic N) is 1. The average molecular weight is 281 g/mol. The number of nitrogens with two attached hydrogens (primary N) is 2. The maximum atomic E-state index is 12.2. The fraction of sp³-hybridized carbons (Fsp3) is 0.867. The lowest BCUT2D eigenvalue weighted by Gasteiger charge is -2.48. The van der Waals surface area contributed by atoms with Gasteiger partial charge < -0.3 is 16.4 Å². The van der Waals surface area contributed by atoms with Crippen molar-refractivity contribution in [2.45, 2.75) is 52.5 Å². The normalized spacial score (nSPS) is 37.2. The molecule has 2 rings (SSSR count). The van der Waals surface area contributed by atoms with E-state index in [9.17, 15) is 9.59 Å². The summed E-state index contributed by atoms with van der Waals surface area (Å²) in [6, 6.07) is 0.184. The van der Waals surface area contributed by atoms with Gasteiger partial charge in [-0.25, -0.2) is 0 Å². The summed E-state index contributed by atoms with van der Waals surface area (Å²) in [6.07, 6.45) is 3.24. The Morgan fingerprint density at radius 3 is 2.50 bits per heavy atom. The van der Waals surface area contributed by atoms with Gasteiger partial charge in [0.05, 0.1) is 5.92 Å². The van der Waals surface area contributed by atoms with Gasteiger partial charge in [0.25, 0.3) is 0 Å². The van der Waals surface area contributed by atoms with Crippen LogP contribution in [0.25, 0.3) is 0 Å². The van der Waals surface area contributed by atoms with Crippen LogP contribution in [0.5, 0.6) is 0 Å². The van der Waals surface area contributed by atoms with E-state index in [1.807, 2.05) is 4.90 Å². The molecule has 0 aromatic rings. The van der Waals surface area contributed by atoms with Crippen molar-refractivity contribution in [1.82, 2.24) is 4.90 Å². The molecular formula is C15H27N3O2. The molecular weight excluding hydrogens is 254 g/mol. The Hall–Kier alpha value is -1.10. The standard InChI is InChI=1S/C15H27N3O2/c1-14(2)5-11(6-15(3,8-14)9-16)18-7-10(13(17)20)4-12(18)19/h10-11H,4-9,16H2,1-3H3,(H2,17,20). The van der Waals surface area contributed by atoms with Gasteiger partial charge in [0, 0.05) is 19.0 Å². The summed E-state index contributed by atoms with van der Waals surface area (Å²) in [4.78, 5) is 25.4. The molecule has 3 atom stereocenters.